The molecule has 2 aromatic rings. The first kappa shape index (κ1) is 12.4. The highest BCUT2D eigenvalue weighted by molar-refractivity contribution is 9.10. The Morgan fingerprint density at radius 3 is 2.82 bits per heavy atom. The number of halogens is 1. The zero-order chi connectivity index (χ0) is 12.4. The van der Waals surface area contributed by atoms with Crippen LogP contribution in [-0.4, -0.2) is 15.0 Å². The second-order valence-electron chi connectivity index (χ2n) is 3.72. The van der Waals surface area contributed by atoms with Crippen LogP contribution in [0.1, 0.15) is 24.7 Å². The van der Waals surface area contributed by atoms with Crippen molar-refractivity contribution in [2.24, 2.45) is 0 Å². The van der Waals surface area contributed by atoms with Crippen LogP contribution in [0.2, 0.25) is 0 Å². The number of aromatic amines is 1. The molecule has 17 heavy (non-hydrogen) atoms. The van der Waals surface area contributed by atoms with Gasteiger partial charge in [0.25, 0.3) is 5.56 Å². The lowest BCUT2D eigenvalue weighted by atomic mass is 10.2. The molecule has 0 unspecified atom stereocenters. The van der Waals surface area contributed by atoms with Gasteiger partial charge < -0.3 is 4.98 Å². The number of aromatic nitrogens is 3. The van der Waals surface area contributed by atoms with Gasteiger partial charge in [0, 0.05) is 11.1 Å². The summed E-state index contributed by atoms with van der Waals surface area (Å²) in [6, 6.07) is 0. The van der Waals surface area contributed by atoms with E-state index in [0.717, 1.165) is 29.2 Å². The summed E-state index contributed by atoms with van der Waals surface area (Å²) < 4.78 is 0.524. The Morgan fingerprint density at radius 1 is 1.47 bits per heavy atom. The highest BCUT2D eigenvalue weighted by atomic mass is 79.9. The summed E-state index contributed by atoms with van der Waals surface area (Å²) in [7, 11) is 0. The third-order valence-electron chi connectivity index (χ3n) is 2.24. The lowest BCUT2D eigenvalue weighted by molar-refractivity contribution is 0.860. The number of hydrogen-bond donors (Lipinski definition) is 1. The van der Waals surface area contributed by atoms with E-state index in [9.17, 15) is 4.79 Å². The smallest absolute Gasteiger partial charge is 0.265 e. The second kappa shape index (κ2) is 5.10. The number of aryl methyl sites for hydroxylation is 2. The van der Waals surface area contributed by atoms with Crippen LogP contribution in [-0.2, 0) is 6.42 Å². The molecule has 0 fully saturated rings. The van der Waals surface area contributed by atoms with Gasteiger partial charge in [-0.2, -0.15) is 0 Å². The van der Waals surface area contributed by atoms with Crippen molar-refractivity contribution in [2.75, 3.05) is 0 Å². The maximum Gasteiger partial charge on any atom is 0.265 e. The standard InChI is InChI=1S/C11H12BrN3OS/c1-3-4-7-8(12)10(16)15-9(14-7)11-13-6(2)5-17-11/h5H,3-4H2,1-2H3,(H,14,15,16). The molecule has 0 aliphatic heterocycles. The predicted octanol–water partition coefficient (Wildman–Crippen LogP) is 2.92. The fraction of sp³-hybridized carbons (Fsp3) is 0.364. The highest BCUT2D eigenvalue weighted by Crippen LogP contribution is 2.21. The van der Waals surface area contributed by atoms with Crippen LogP contribution in [0, 0.1) is 6.92 Å². The number of rotatable bonds is 3. The van der Waals surface area contributed by atoms with E-state index in [0.29, 0.717) is 10.3 Å². The van der Waals surface area contributed by atoms with E-state index < -0.39 is 0 Å². The summed E-state index contributed by atoms with van der Waals surface area (Å²) in [5, 5.41) is 2.70. The topological polar surface area (TPSA) is 58.6 Å². The number of nitrogens with zero attached hydrogens (tertiary/aromatic N) is 2. The molecule has 0 amide bonds. The zero-order valence-corrected chi connectivity index (χ0v) is 12.0. The zero-order valence-electron chi connectivity index (χ0n) is 9.58. The molecule has 0 spiro atoms. The normalized spacial score (nSPS) is 10.8. The van der Waals surface area contributed by atoms with Crippen molar-refractivity contribution in [3.63, 3.8) is 0 Å². The third kappa shape index (κ3) is 2.63. The van der Waals surface area contributed by atoms with Crippen molar-refractivity contribution in [2.45, 2.75) is 26.7 Å². The molecular formula is C11H12BrN3OS. The molecule has 2 rings (SSSR count). The fourth-order valence-corrected chi connectivity index (χ4v) is 2.60. The van der Waals surface area contributed by atoms with Gasteiger partial charge in [0.2, 0.25) is 0 Å². The van der Waals surface area contributed by atoms with Gasteiger partial charge >= 0.3 is 0 Å². The van der Waals surface area contributed by atoms with Crippen molar-refractivity contribution < 1.29 is 0 Å². The molecule has 0 bridgehead atoms. The minimum Gasteiger partial charge on any atom is -0.304 e. The summed E-state index contributed by atoms with van der Waals surface area (Å²) in [5.74, 6) is 0.555. The Bertz CT molecular complexity index is 591. The van der Waals surface area contributed by atoms with Gasteiger partial charge in [0.1, 0.15) is 4.47 Å². The minimum atomic E-state index is -0.147. The molecule has 0 saturated heterocycles. The van der Waals surface area contributed by atoms with Crippen molar-refractivity contribution in [3.8, 4) is 10.8 Å². The Labute approximate surface area is 111 Å². The Hall–Kier alpha value is -1.01. The van der Waals surface area contributed by atoms with Crippen molar-refractivity contribution >= 4 is 27.3 Å². The first-order chi connectivity index (χ1) is 8.11. The molecule has 0 aliphatic rings. The van der Waals surface area contributed by atoms with Gasteiger partial charge in [-0.1, -0.05) is 13.3 Å². The molecule has 0 atom stereocenters. The molecule has 0 aliphatic carbocycles. The quantitative estimate of drug-likeness (QED) is 0.947. The number of H-pyrrole nitrogens is 1. The van der Waals surface area contributed by atoms with E-state index in [4.69, 9.17) is 0 Å². The fourth-order valence-electron chi connectivity index (χ4n) is 1.47. The Balaban J connectivity index is 2.52. The molecule has 4 nitrogen and oxygen atoms in total. The molecule has 90 valence electrons. The van der Waals surface area contributed by atoms with Crippen LogP contribution in [0.25, 0.3) is 10.8 Å². The van der Waals surface area contributed by atoms with Gasteiger partial charge in [-0.15, -0.1) is 11.3 Å². The molecule has 6 heteroatoms. The van der Waals surface area contributed by atoms with Crippen molar-refractivity contribution in [3.05, 3.63) is 31.6 Å². The van der Waals surface area contributed by atoms with E-state index in [1.165, 1.54) is 11.3 Å². The van der Waals surface area contributed by atoms with E-state index in [1.54, 1.807) is 0 Å². The predicted molar refractivity (Wildman–Crippen MR) is 72.4 cm³/mol. The SMILES string of the molecule is CCCc1nc(-c2nc(C)cs2)[nH]c(=O)c1Br. The van der Waals surface area contributed by atoms with E-state index in [1.807, 2.05) is 12.3 Å². The van der Waals surface area contributed by atoms with Gasteiger partial charge in [-0.25, -0.2) is 9.97 Å². The largest absolute Gasteiger partial charge is 0.304 e. The van der Waals surface area contributed by atoms with Crippen LogP contribution < -0.4 is 5.56 Å². The van der Waals surface area contributed by atoms with E-state index >= 15 is 0 Å². The molecule has 2 aromatic heterocycles. The van der Waals surface area contributed by atoms with Crippen molar-refractivity contribution in [1.29, 1.82) is 0 Å². The van der Waals surface area contributed by atoms with Gasteiger partial charge in [-0.05, 0) is 29.3 Å². The van der Waals surface area contributed by atoms with Gasteiger partial charge in [-0.3, -0.25) is 4.79 Å². The molecule has 2 heterocycles. The van der Waals surface area contributed by atoms with E-state index in [2.05, 4.69) is 37.8 Å². The second-order valence-corrected chi connectivity index (χ2v) is 5.37. The van der Waals surface area contributed by atoms with Gasteiger partial charge in [0.05, 0.1) is 5.69 Å². The minimum absolute atomic E-state index is 0.147. The number of thiazole rings is 1. The summed E-state index contributed by atoms with van der Waals surface area (Å²) in [6.07, 6.45) is 1.73. The summed E-state index contributed by atoms with van der Waals surface area (Å²) >= 11 is 4.75. The monoisotopic (exact) mass is 313 g/mol. The summed E-state index contributed by atoms with van der Waals surface area (Å²) in [5.41, 5.74) is 1.58. The maximum atomic E-state index is 11.8. The molecule has 0 aromatic carbocycles. The Kier molecular flexibility index (Phi) is 3.73. The van der Waals surface area contributed by atoms with Crippen LogP contribution >= 0.6 is 27.3 Å². The lowest BCUT2D eigenvalue weighted by Gasteiger charge is -2.03. The van der Waals surface area contributed by atoms with Crippen LogP contribution in [0.4, 0.5) is 0 Å². The first-order valence-corrected chi connectivity index (χ1v) is 7.00. The highest BCUT2D eigenvalue weighted by Gasteiger charge is 2.11. The molecule has 0 saturated carbocycles. The van der Waals surface area contributed by atoms with E-state index in [-0.39, 0.29) is 5.56 Å². The number of hydrogen-bond acceptors (Lipinski definition) is 4. The van der Waals surface area contributed by atoms with Crippen molar-refractivity contribution in [1.82, 2.24) is 15.0 Å². The average molecular weight is 314 g/mol. The number of nitrogens with one attached hydrogen (secondary N) is 1. The lowest BCUT2D eigenvalue weighted by Crippen LogP contribution is -2.13. The molecule has 0 radical (unpaired) electrons. The first-order valence-electron chi connectivity index (χ1n) is 5.33. The average Bonchev–Trinajstić information content (AvgIpc) is 2.71. The van der Waals surface area contributed by atoms with Gasteiger partial charge in [0.15, 0.2) is 10.8 Å². The summed E-state index contributed by atoms with van der Waals surface area (Å²) in [6.45, 7) is 3.98. The van der Waals surface area contributed by atoms with Crippen LogP contribution in [0.5, 0.6) is 0 Å². The third-order valence-corrected chi connectivity index (χ3v) is 4.02. The Morgan fingerprint density at radius 2 is 2.24 bits per heavy atom. The molecule has 1 N–H and O–H groups in total. The van der Waals surface area contributed by atoms with Crippen LogP contribution in [0.3, 0.4) is 0 Å². The maximum absolute atomic E-state index is 11.8. The molecular weight excluding hydrogens is 302 g/mol. The van der Waals surface area contributed by atoms with Crippen LogP contribution in [0.15, 0.2) is 14.6 Å². The summed E-state index contributed by atoms with van der Waals surface area (Å²) in [4.78, 5) is 23.3.